The zero-order valence-corrected chi connectivity index (χ0v) is 10.3. The smallest absolute Gasteiger partial charge is 0.0697 e. The number of aliphatic hydroxyl groups excluding tert-OH is 1. The summed E-state index contributed by atoms with van der Waals surface area (Å²) in [6, 6.07) is 0. The first-order chi connectivity index (χ1) is 7.77. The summed E-state index contributed by atoms with van der Waals surface area (Å²) in [4.78, 5) is 0. The van der Waals surface area contributed by atoms with Crippen molar-refractivity contribution in [3.63, 3.8) is 0 Å². The average Bonchev–Trinajstić information content (AvgIpc) is 2.29. The Labute approximate surface area is 98.3 Å². The van der Waals surface area contributed by atoms with Gasteiger partial charge in [0.1, 0.15) is 0 Å². The monoisotopic (exact) mass is 231 g/mol. The van der Waals surface area contributed by atoms with Crippen LogP contribution in [-0.4, -0.2) is 51.2 Å². The van der Waals surface area contributed by atoms with Gasteiger partial charge in [0.15, 0.2) is 0 Å². The molecular formula is C12H25NO3. The third-order valence-electron chi connectivity index (χ3n) is 3.13. The molecule has 1 aliphatic heterocycles. The molecule has 0 aliphatic carbocycles. The molecule has 0 amide bonds. The van der Waals surface area contributed by atoms with E-state index in [1.165, 1.54) is 0 Å². The third kappa shape index (κ3) is 5.80. The molecule has 2 N–H and O–H groups in total. The lowest BCUT2D eigenvalue weighted by molar-refractivity contribution is 0.0238. The summed E-state index contributed by atoms with van der Waals surface area (Å²) in [7, 11) is 0. The van der Waals surface area contributed by atoms with Gasteiger partial charge in [-0.1, -0.05) is 6.92 Å². The molecule has 0 saturated carbocycles. The van der Waals surface area contributed by atoms with Crippen LogP contribution in [-0.2, 0) is 9.47 Å². The molecule has 0 aromatic heterocycles. The lowest BCUT2D eigenvalue weighted by Crippen LogP contribution is -2.37. The molecule has 4 heteroatoms. The van der Waals surface area contributed by atoms with E-state index in [9.17, 15) is 0 Å². The maximum atomic E-state index is 8.52. The highest BCUT2D eigenvalue weighted by Gasteiger charge is 2.26. The second-order valence-corrected chi connectivity index (χ2v) is 4.79. The van der Waals surface area contributed by atoms with Gasteiger partial charge in [-0.05, 0) is 31.2 Å². The summed E-state index contributed by atoms with van der Waals surface area (Å²) in [5.74, 6) is 0. The first-order valence-corrected chi connectivity index (χ1v) is 6.24. The Bertz CT molecular complexity index is 170. The van der Waals surface area contributed by atoms with Gasteiger partial charge < -0.3 is 19.9 Å². The molecule has 16 heavy (non-hydrogen) atoms. The van der Waals surface area contributed by atoms with E-state index in [1.807, 2.05) is 0 Å². The van der Waals surface area contributed by atoms with Crippen molar-refractivity contribution in [1.29, 1.82) is 0 Å². The first-order valence-electron chi connectivity index (χ1n) is 6.24. The van der Waals surface area contributed by atoms with Crippen LogP contribution in [0.3, 0.4) is 0 Å². The van der Waals surface area contributed by atoms with Crippen molar-refractivity contribution in [2.45, 2.75) is 26.2 Å². The van der Waals surface area contributed by atoms with E-state index in [-0.39, 0.29) is 6.61 Å². The van der Waals surface area contributed by atoms with Gasteiger partial charge >= 0.3 is 0 Å². The maximum absolute atomic E-state index is 8.52. The maximum Gasteiger partial charge on any atom is 0.0697 e. The SMILES string of the molecule is CC1(CNCCCOCCO)CCOCC1. The van der Waals surface area contributed by atoms with E-state index in [0.29, 0.717) is 12.0 Å². The molecule has 0 aromatic carbocycles. The zero-order valence-electron chi connectivity index (χ0n) is 10.3. The zero-order chi connectivity index (χ0) is 11.7. The van der Waals surface area contributed by atoms with Gasteiger partial charge in [-0.2, -0.15) is 0 Å². The molecule has 96 valence electrons. The Morgan fingerprint density at radius 2 is 2.06 bits per heavy atom. The summed E-state index contributed by atoms with van der Waals surface area (Å²) in [5, 5.41) is 12.0. The lowest BCUT2D eigenvalue weighted by Gasteiger charge is -2.33. The molecule has 1 aliphatic rings. The van der Waals surface area contributed by atoms with Crippen LogP contribution >= 0.6 is 0 Å². The highest BCUT2D eigenvalue weighted by Crippen LogP contribution is 2.28. The molecule has 1 fully saturated rings. The molecule has 0 spiro atoms. The van der Waals surface area contributed by atoms with Gasteiger partial charge in [0.25, 0.3) is 0 Å². The normalized spacial score (nSPS) is 19.9. The fourth-order valence-electron chi connectivity index (χ4n) is 1.90. The van der Waals surface area contributed by atoms with E-state index in [0.717, 1.165) is 52.2 Å². The number of ether oxygens (including phenoxy) is 2. The molecular weight excluding hydrogens is 206 g/mol. The number of aliphatic hydroxyl groups is 1. The van der Waals surface area contributed by atoms with Crippen LogP contribution in [0.25, 0.3) is 0 Å². The summed E-state index contributed by atoms with van der Waals surface area (Å²) in [6.07, 6.45) is 3.31. The summed E-state index contributed by atoms with van der Waals surface area (Å²) in [5.41, 5.74) is 0.407. The minimum Gasteiger partial charge on any atom is -0.394 e. The number of hydrogen-bond acceptors (Lipinski definition) is 4. The van der Waals surface area contributed by atoms with Gasteiger partial charge in [0.2, 0.25) is 0 Å². The Kier molecular flexibility index (Phi) is 6.96. The van der Waals surface area contributed by atoms with E-state index in [4.69, 9.17) is 14.6 Å². The topological polar surface area (TPSA) is 50.7 Å². The number of nitrogens with one attached hydrogen (secondary N) is 1. The van der Waals surface area contributed by atoms with Gasteiger partial charge in [0.05, 0.1) is 13.2 Å². The van der Waals surface area contributed by atoms with E-state index in [2.05, 4.69) is 12.2 Å². The van der Waals surface area contributed by atoms with Crippen molar-refractivity contribution in [3.8, 4) is 0 Å². The second kappa shape index (κ2) is 8.01. The van der Waals surface area contributed by atoms with Gasteiger partial charge in [-0.3, -0.25) is 0 Å². The Morgan fingerprint density at radius 3 is 2.75 bits per heavy atom. The fraction of sp³-hybridized carbons (Fsp3) is 1.00. The fourth-order valence-corrected chi connectivity index (χ4v) is 1.90. The van der Waals surface area contributed by atoms with E-state index >= 15 is 0 Å². The van der Waals surface area contributed by atoms with Gasteiger partial charge in [-0.25, -0.2) is 0 Å². The van der Waals surface area contributed by atoms with Crippen molar-refractivity contribution in [3.05, 3.63) is 0 Å². The average molecular weight is 231 g/mol. The number of rotatable bonds is 8. The van der Waals surface area contributed by atoms with E-state index in [1.54, 1.807) is 0 Å². The highest BCUT2D eigenvalue weighted by molar-refractivity contribution is 4.79. The summed E-state index contributed by atoms with van der Waals surface area (Å²) < 4.78 is 10.6. The van der Waals surface area contributed by atoms with Crippen molar-refractivity contribution in [2.24, 2.45) is 5.41 Å². The van der Waals surface area contributed by atoms with E-state index < -0.39 is 0 Å². The standard InChI is InChI=1S/C12H25NO3/c1-12(3-8-16-9-4-12)11-13-5-2-7-15-10-6-14/h13-14H,2-11H2,1H3. The molecule has 1 rings (SSSR count). The van der Waals surface area contributed by atoms with Crippen molar-refractivity contribution in [2.75, 3.05) is 46.1 Å². The summed E-state index contributed by atoms with van der Waals surface area (Å²) >= 11 is 0. The quantitative estimate of drug-likeness (QED) is 0.607. The van der Waals surface area contributed by atoms with Gasteiger partial charge in [0, 0.05) is 26.4 Å². The minimum absolute atomic E-state index is 0.117. The van der Waals surface area contributed by atoms with Crippen LogP contribution in [0.15, 0.2) is 0 Å². The molecule has 0 bridgehead atoms. The van der Waals surface area contributed by atoms with Crippen molar-refractivity contribution in [1.82, 2.24) is 5.32 Å². The van der Waals surface area contributed by atoms with Crippen LogP contribution in [0, 0.1) is 5.41 Å². The summed E-state index contributed by atoms with van der Waals surface area (Å²) in [6.45, 7) is 7.48. The van der Waals surface area contributed by atoms with Crippen LogP contribution in [0.1, 0.15) is 26.2 Å². The molecule has 1 saturated heterocycles. The Hall–Kier alpha value is -0.160. The molecule has 0 aromatic rings. The second-order valence-electron chi connectivity index (χ2n) is 4.79. The highest BCUT2D eigenvalue weighted by atomic mass is 16.5. The first kappa shape index (κ1) is 13.9. The predicted molar refractivity (Wildman–Crippen MR) is 63.6 cm³/mol. The molecule has 0 atom stereocenters. The predicted octanol–water partition coefficient (Wildman–Crippen LogP) is 0.792. The van der Waals surface area contributed by atoms with Crippen LogP contribution < -0.4 is 5.32 Å². The molecule has 0 radical (unpaired) electrons. The Balaban J connectivity index is 1.93. The van der Waals surface area contributed by atoms with Crippen molar-refractivity contribution >= 4 is 0 Å². The molecule has 1 heterocycles. The van der Waals surface area contributed by atoms with Gasteiger partial charge in [-0.15, -0.1) is 0 Å². The number of hydrogen-bond donors (Lipinski definition) is 2. The van der Waals surface area contributed by atoms with Crippen LogP contribution in [0.4, 0.5) is 0 Å². The minimum atomic E-state index is 0.117. The third-order valence-corrected chi connectivity index (χ3v) is 3.13. The molecule has 4 nitrogen and oxygen atoms in total. The van der Waals surface area contributed by atoms with Crippen LogP contribution in [0.2, 0.25) is 0 Å². The van der Waals surface area contributed by atoms with Crippen LogP contribution in [0.5, 0.6) is 0 Å². The Morgan fingerprint density at radius 1 is 1.31 bits per heavy atom. The molecule has 0 unspecified atom stereocenters. The lowest BCUT2D eigenvalue weighted by atomic mass is 9.82. The van der Waals surface area contributed by atoms with Crippen molar-refractivity contribution < 1.29 is 14.6 Å². The largest absolute Gasteiger partial charge is 0.394 e.